The Morgan fingerprint density at radius 2 is 1.83 bits per heavy atom. The first-order valence-corrected chi connectivity index (χ1v) is 22.7. The minimum absolute atomic E-state index is 0.0964. The number of aromatic nitrogens is 1. The molecular weight excluding hydrogens is 791 g/mol. The number of benzene rings is 2. The van der Waals surface area contributed by atoms with E-state index in [9.17, 15) is 18.9 Å². The van der Waals surface area contributed by atoms with Crippen LogP contribution in [0.15, 0.2) is 41.9 Å². The number of nitrogens with zero attached hydrogens (tertiary/aromatic N) is 4. The number of terminal acetylenes is 1. The molecule has 2 saturated heterocycles. The second kappa shape index (κ2) is 24.2. The van der Waals surface area contributed by atoms with Gasteiger partial charge in [0, 0.05) is 49.9 Å². The Bertz CT molecular complexity index is 1840. The van der Waals surface area contributed by atoms with Gasteiger partial charge in [-0.25, -0.2) is 9.37 Å². The third-order valence-electron chi connectivity index (χ3n) is 10.3. The molecule has 59 heavy (non-hydrogen) atoms. The molecule has 3 atom stereocenters. The summed E-state index contributed by atoms with van der Waals surface area (Å²) < 4.78 is 30.3. The Hall–Kier alpha value is -4.19. The van der Waals surface area contributed by atoms with Gasteiger partial charge in [-0.05, 0) is 92.7 Å². The van der Waals surface area contributed by atoms with Crippen LogP contribution in [0.4, 0.5) is 14.6 Å². The Kier molecular flexibility index (Phi) is 20.1. The van der Waals surface area contributed by atoms with E-state index in [2.05, 4.69) is 37.8 Å². The fourth-order valence-corrected chi connectivity index (χ4v) is 8.94. The van der Waals surface area contributed by atoms with Crippen molar-refractivity contribution >= 4 is 46.7 Å². The zero-order chi connectivity index (χ0) is 43.7. The number of carbonyl (C=O) groups excluding carboxylic acids is 3. The molecule has 0 saturated carbocycles. The van der Waals surface area contributed by atoms with Crippen molar-refractivity contribution in [2.45, 2.75) is 113 Å². The first-order chi connectivity index (χ1) is 28.2. The van der Waals surface area contributed by atoms with Crippen LogP contribution in [-0.2, 0) is 27.3 Å². The number of hydrogen-bond acceptors (Lipinski definition) is 9. The van der Waals surface area contributed by atoms with Gasteiger partial charge in [-0.1, -0.05) is 77.8 Å². The first-order valence-electron chi connectivity index (χ1n) is 20.6. The molecule has 0 bridgehead atoms. The third-order valence-corrected chi connectivity index (χ3v) is 12.1. The Morgan fingerprint density at radius 1 is 1.14 bits per heavy atom. The Morgan fingerprint density at radius 3 is 2.42 bits per heavy atom. The average Bonchev–Trinajstić information content (AvgIpc) is 4.00. The molecule has 2 N–H and O–H groups in total. The lowest BCUT2D eigenvalue weighted by Crippen LogP contribution is -2.57. The van der Waals surface area contributed by atoms with Gasteiger partial charge in [0.1, 0.15) is 17.8 Å². The molecule has 0 spiro atoms. The first kappa shape index (κ1) is 49.2. The van der Waals surface area contributed by atoms with Crippen LogP contribution in [0.3, 0.4) is 0 Å². The molecule has 0 radical (unpaired) electrons. The van der Waals surface area contributed by atoms with Crippen LogP contribution in [-0.4, -0.2) is 83.6 Å². The van der Waals surface area contributed by atoms with Gasteiger partial charge in [0.2, 0.25) is 17.7 Å². The molecule has 324 valence electrons. The predicted molar refractivity (Wildman–Crippen MR) is 238 cm³/mol. The highest BCUT2D eigenvalue weighted by Crippen LogP contribution is 2.37. The van der Waals surface area contributed by atoms with Gasteiger partial charge < -0.3 is 24.7 Å². The number of halogens is 2. The van der Waals surface area contributed by atoms with E-state index in [0.717, 1.165) is 41.1 Å². The minimum atomic E-state index is -0.789. The largest absolute Gasteiger partial charge is 0.350 e. The summed E-state index contributed by atoms with van der Waals surface area (Å²) >= 11 is 2.91. The summed E-state index contributed by atoms with van der Waals surface area (Å²) in [6, 6.07) is 9.66. The van der Waals surface area contributed by atoms with E-state index in [1.165, 1.54) is 18.0 Å². The zero-order valence-corrected chi connectivity index (χ0v) is 38.0. The summed E-state index contributed by atoms with van der Waals surface area (Å²) in [5, 5.41) is 6.06. The van der Waals surface area contributed by atoms with E-state index in [1.54, 1.807) is 33.5 Å². The third kappa shape index (κ3) is 13.9. The van der Waals surface area contributed by atoms with Gasteiger partial charge in [-0.3, -0.25) is 19.3 Å². The quantitative estimate of drug-likeness (QED) is 0.109. The fraction of sp³-hybridized carbons (Fsp3) is 0.556. The molecule has 2 fully saturated rings. The lowest BCUT2D eigenvalue weighted by Gasteiger charge is -2.35. The van der Waals surface area contributed by atoms with E-state index in [4.69, 9.17) is 0 Å². The van der Waals surface area contributed by atoms with Gasteiger partial charge in [0.25, 0.3) is 0 Å². The van der Waals surface area contributed by atoms with E-state index in [1.807, 2.05) is 84.5 Å². The van der Waals surface area contributed by atoms with Gasteiger partial charge in [0.05, 0.1) is 16.1 Å². The number of amides is 3. The van der Waals surface area contributed by atoms with Crippen molar-refractivity contribution in [2.24, 2.45) is 11.3 Å². The molecule has 1 aromatic heterocycles. The van der Waals surface area contributed by atoms with Crippen LogP contribution < -0.4 is 19.9 Å². The van der Waals surface area contributed by atoms with E-state index < -0.39 is 23.3 Å². The minimum Gasteiger partial charge on any atom is -0.350 e. The molecule has 3 aromatic rings. The van der Waals surface area contributed by atoms with Gasteiger partial charge >= 0.3 is 0 Å². The van der Waals surface area contributed by atoms with Crippen LogP contribution >= 0.6 is 23.3 Å². The van der Waals surface area contributed by atoms with Gasteiger partial charge in [0.15, 0.2) is 11.6 Å². The fourth-order valence-electron chi connectivity index (χ4n) is 7.40. The Labute approximate surface area is 359 Å². The number of anilines is 1. The van der Waals surface area contributed by atoms with Crippen molar-refractivity contribution in [1.29, 1.82) is 0 Å². The van der Waals surface area contributed by atoms with E-state index >= 15 is 4.39 Å². The standard InChI is InChI=1S/C40H54F2N6O4S2.C3H4.C2H6/c1-7-16-48(53-6)35-31(41)20-28(21-33(35)52-42)14-18-46-19-15-29(24-46)22-34(49)45-37(40(3,4)5)39(51)47-17-8-9-32(47)38(50)43-23-27-10-12-30(13-11-27)36-26(2)44-25-54-36;1-3-2;1-2/h10-13,20-21,25,29,32,37H,7-9,14-19,22-24H2,1-6H3,(H,43,50)(H,45,49);1H,2H3;1-2H3. The lowest BCUT2D eigenvalue weighted by molar-refractivity contribution is -0.144. The van der Waals surface area contributed by atoms with Crippen molar-refractivity contribution < 1.29 is 28.2 Å². The number of likely N-dealkylation sites (tertiary alicyclic amines) is 2. The molecule has 14 heteroatoms. The smallest absolute Gasteiger partial charge is 0.246 e. The number of thiazole rings is 1. The summed E-state index contributed by atoms with van der Waals surface area (Å²) in [6.45, 7) is 18.8. The van der Waals surface area contributed by atoms with Crippen molar-refractivity contribution in [3.8, 4) is 28.5 Å². The number of aryl methyl sites for hydroxylation is 1. The van der Waals surface area contributed by atoms with Crippen molar-refractivity contribution in [2.75, 3.05) is 43.3 Å². The molecule has 10 nitrogen and oxygen atoms in total. The van der Waals surface area contributed by atoms with Gasteiger partial charge in [-0.2, -0.15) is 0 Å². The summed E-state index contributed by atoms with van der Waals surface area (Å²) in [6.07, 6.45) is 10.1. The predicted octanol–water partition coefficient (Wildman–Crippen LogP) is 8.77. The van der Waals surface area contributed by atoms with E-state index in [-0.39, 0.29) is 41.5 Å². The average molecular weight is 855 g/mol. The summed E-state index contributed by atoms with van der Waals surface area (Å²) in [4.78, 5) is 54.3. The second-order valence-electron chi connectivity index (χ2n) is 15.7. The number of nitrogens with one attached hydrogen (secondary N) is 2. The van der Waals surface area contributed by atoms with Crippen LogP contribution in [0, 0.1) is 36.4 Å². The van der Waals surface area contributed by atoms with Crippen LogP contribution in [0.5, 0.6) is 5.75 Å². The van der Waals surface area contributed by atoms with E-state index in [0.29, 0.717) is 57.5 Å². The number of hydrogen-bond donors (Lipinski definition) is 2. The molecule has 2 aliphatic rings. The highest BCUT2D eigenvalue weighted by atomic mass is 32.2. The SMILES string of the molecule is C#CC.CC.CCCN(SC)c1c(F)cc(CCN2CCC(CC(=O)NC(C(=O)N3CCCC3C(=O)NCc3ccc(-c4scnc4C)cc3)C(C)(C)C)C2)cc1OF. The summed E-state index contributed by atoms with van der Waals surface area (Å²) in [5.74, 6) is 1.07. The molecule has 5 rings (SSSR count). The molecule has 0 aliphatic carbocycles. The molecule has 2 aliphatic heterocycles. The maximum Gasteiger partial charge on any atom is 0.246 e. The van der Waals surface area contributed by atoms with Crippen molar-refractivity contribution in [3.05, 3.63) is 64.5 Å². The van der Waals surface area contributed by atoms with Crippen molar-refractivity contribution in [1.82, 2.24) is 25.4 Å². The van der Waals surface area contributed by atoms with Crippen molar-refractivity contribution in [3.63, 3.8) is 0 Å². The maximum atomic E-state index is 15.1. The molecular formula is C45H64F2N6O4S2. The lowest BCUT2D eigenvalue weighted by atomic mass is 9.85. The zero-order valence-electron chi connectivity index (χ0n) is 36.3. The molecule has 3 unspecified atom stereocenters. The van der Waals surface area contributed by atoms with Gasteiger partial charge in [-0.15, -0.1) is 23.7 Å². The monoisotopic (exact) mass is 854 g/mol. The van der Waals surface area contributed by atoms with Crippen LogP contribution in [0.1, 0.15) is 97.4 Å². The molecule has 3 amide bonds. The highest BCUT2D eigenvalue weighted by Gasteiger charge is 2.42. The summed E-state index contributed by atoms with van der Waals surface area (Å²) in [5.41, 5.74) is 5.04. The number of rotatable bonds is 16. The maximum absolute atomic E-state index is 15.1. The Balaban J connectivity index is 0.00000178. The molecule has 3 heterocycles. The number of carbonyl (C=O) groups is 3. The second-order valence-corrected chi connectivity index (χ2v) is 17.4. The van der Waals surface area contributed by atoms with Crippen LogP contribution in [0.25, 0.3) is 10.4 Å². The van der Waals surface area contributed by atoms with Crippen LogP contribution in [0.2, 0.25) is 0 Å². The molecule has 2 aromatic carbocycles. The summed E-state index contributed by atoms with van der Waals surface area (Å²) in [7, 11) is 0. The normalized spacial score (nSPS) is 16.8. The highest BCUT2D eigenvalue weighted by molar-refractivity contribution is 8.00. The topological polar surface area (TPSA) is 107 Å².